The molecule has 0 radical (unpaired) electrons. The number of halogens is 1. The molecule has 0 atom stereocenters. The highest BCUT2D eigenvalue weighted by atomic mass is 35.5. The van der Waals surface area contributed by atoms with Gasteiger partial charge < -0.3 is 10.0 Å². The number of aromatic nitrogens is 2. The van der Waals surface area contributed by atoms with Crippen molar-refractivity contribution in [1.82, 2.24) is 14.5 Å². The summed E-state index contributed by atoms with van der Waals surface area (Å²) in [4.78, 5) is 41.5. The normalized spacial score (nSPS) is 15.7. The van der Waals surface area contributed by atoms with Crippen molar-refractivity contribution in [2.45, 2.75) is 25.0 Å². The molecule has 1 aliphatic heterocycles. The summed E-state index contributed by atoms with van der Waals surface area (Å²) in [6, 6.07) is 10.3. The molecular formula is C21H19ClN4O5. The summed E-state index contributed by atoms with van der Waals surface area (Å²) in [7, 11) is 0. The number of hydrogen-bond acceptors (Lipinski definition) is 6. The van der Waals surface area contributed by atoms with Gasteiger partial charge in [0.1, 0.15) is 0 Å². The standard InChI is InChI=1S/C21H19ClN4O5/c22-15-3-6-17-18(11-15)23-13-25(20(17)28)12-21(29)7-9-24(10-8-21)19(27)14-1-4-16(5-2-14)26(30)31/h1-6,11,13,29H,7-10,12H2. The van der Waals surface area contributed by atoms with Gasteiger partial charge in [0.2, 0.25) is 0 Å². The number of rotatable bonds is 4. The van der Waals surface area contributed by atoms with Crippen LogP contribution in [0.3, 0.4) is 0 Å². The highest BCUT2D eigenvalue weighted by Gasteiger charge is 2.35. The lowest BCUT2D eigenvalue weighted by Crippen LogP contribution is -2.49. The summed E-state index contributed by atoms with van der Waals surface area (Å²) in [5.41, 5.74) is -0.660. The highest BCUT2D eigenvalue weighted by Crippen LogP contribution is 2.25. The van der Waals surface area contributed by atoms with Crippen LogP contribution < -0.4 is 5.56 Å². The lowest BCUT2D eigenvalue weighted by Gasteiger charge is -2.38. The third kappa shape index (κ3) is 4.28. The molecule has 0 spiro atoms. The number of likely N-dealkylation sites (tertiary alicyclic amines) is 1. The second kappa shape index (κ2) is 8.09. The number of nitro groups is 1. The lowest BCUT2D eigenvalue weighted by molar-refractivity contribution is -0.384. The van der Waals surface area contributed by atoms with Crippen LogP contribution in [-0.2, 0) is 6.54 Å². The fraction of sp³-hybridized carbons (Fsp3) is 0.286. The average Bonchev–Trinajstić information content (AvgIpc) is 2.76. The smallest absolute Gasteiger partial charge is 0.269 e. The van der Waals surface area contributed by atoms with Crippen LogP contribution in [0.2, 0.25) is 5.02 Å². The molecule has 160 valence electrons. The van der Waals surface area contributed by atoms with Gasteiger partial charge >= 0.3 is 0 Å². The molecule has 0 unspecified atom stereocenters. The zero-order valence-electron chi connectivity index (χ0n) is 16.4. The summed E-state index contributed by atoms with van der Waals surface area (Å²) in [5.74, 6) is -0.252. The minimum absolute atomic E-state index is 0.0664. The van der Waals surface area contributed by atoms with E-state index in [4.69, 9.17) is 11.6 Å². The van der Waals surface area contributed by atoms with E-state index in [1.807, 2.05) is 0 Å². The van der Waals surface area contributed by atoms with Gasteiger partial charge in [-0.15, -0.1) is 0 Å². The highest BCUT2D eigenvalue weighted by molar-refractivity contribution is 6.31. The van der Waals surface area contributed by atoms with Gasteiger partial charge in [0.25, 0.3) is 17.2 Å². The molecule has 0 aliphatic carbocycles. The molecule has 0 saturated carbocycles. The van der Waals surface area contributed by atoms with Gasteiger partial charge in [-0.2, -0.15) is 0 Å². The molecule has 31 heavy (non-hydrogen) atoms. The van der Waals surface area contributed by atoms with Crippen LogP contribution in [0.5, 0.6) is 0 Å². The number of aliphatic hydroxyl groups is 1. The van der Waals surface area contributed by atoms with Crippen LogP contribution in [0.25, 0.3) is 10.9 Å². The largest absolute Gasteiger partial charge is 0.388 e. The Kier molecular flexibility index (Phi) is 5.47. The van der Waals surface area contributed by atoms with E-state index in [2.05, 4.69) is 4.98 Å². The van der Waals surface area contributed by atoms with Gasteiger partial charge in [0, 0.05) is 35.8 Å². The number of non-ortho nitro benzene ring substituents is 1. The van der Waals surface area contributed by atoms with Crippen molar-refractivity contribution in [3.05, 3.63) is 79.8 Å². The Labute approximate surface area is 181 Å². The molecule has 3 aromatic rings. The van der Waals surface area contributed by atoms with Gasteiger partial charge in [-0.1, -0.05) is 11.6 Å². The SMILES string of the molecule is O=C(c1ccc([N+](=O)[O-])cc1)N1CCC(O)(Cn2cnc3cc(Cl)ccc3c2=O)CC1. The predicted molar refractivity (Wildman–Crippen MR) is 114 cm³/mol. The van der Waals surface area contributed by atoms with Gasteiger partial charge in [0.15, 0.2) is 0 Å². The molecule has 10 heteroatoms. The monoisotopic (exact) mass is 442 g/mol. The van der Waals surface area contributed by atoms with Gasteiger partial charge in [-0.05, 0) is 43.2 Å². The Hall–Kier alpha value is -3.30. The molecule has 9 nitrogen and oxygen atoms in total. The van der Waals surface area contributed by atoms with E-state index >= 15 is 0 Å². The first-order valence-electron chi connectivity index (χ1n) is 9.67. The van der Waals surface area contributed by atoms with Gasteiger partial charge in [0.05, 0.1) is 34.3 Å². The van der Waals surface area contributed by atoms with Gasteiger partial charge in [-0.3, -0.25) is 24.3 Å². The summed E-state index contributed by atoms with van der Waals surface area (Å²) in [5, 5.41) is 22.7. The molecule has 0 bridgehead atoms. The molecule has 1 amide bonds. The molecular weight excluding hydrogens is 424 g/mol. The summed E-state index contributed by atoms with van der Waals surface area (Å²) >= 11 is 5.94. The van der Waals surface area contributed by atoms with Crippen LogP contribution in [-0.4, -0.2) is 49.1 Å². The number of carbonyl (C=O) groups is 1. The maximum Gasteiger partial charge on any atom is 0.269 e. The Morgan fingerprint density at radius 1 is 1.19 bits per heavy atom. The predicted octanol–water partition coefficient (Wildman–Crippen LogP) is 2.63. The van der Waals surface area contributed by atoms with Crippen molar-refractivity contribution in [1.29, 1.82) is 0 Å². The molecule has 2 aromatic carbocycles. The minimum atomic E-state index is -1.15. The lowest BCUT2D eigenvalue weighted by atomic mass is 9.91. The minimum Gasteiger partial charge on any atom is -0.388 e. The van der Waals surface area contributed by atoms with E-state index in [1.165, 1.54) is 35.2 Å². The Balaban J connectivity index is 1.45. The molecule has 1 saturated heterocycles. The van der Waals surface area contributed by atoms with Crippen molar-refractivity contribution >= 4 is 34.1 Å². The number of fused-ring (bicyclic) bond motifs is 1. The molecule has 1 aliphatic rings. The zero-order chi connectivity index (χ0) is 22.2. The molecule has 4 rings (SSSR count). The number of carbonyl (C=O) groups excluding carboxylic acids is 1. The summed E-state index contributed by atoms with van der Waals surface area (Å²) in [6.45, 7) is 0.673. The van der Waals surface area contributed by atoms with Crippen molar-refractivity contribution in [2.24, 2.45) is 0 Å². The van der Waals surface area contributed by atoms with E-state index in [9.17, 15) is 24.8 Å². The number of nitrogens with zero attached hydrogens (tertiary/aromatic N) is 4. The number of hydrogen-bond donors (Lipinski definition) is 1. The Bertz CT molecular complexity index is 1220. The molecule has 1 aromatic heterocycles. The first kappa shape index (κ1) is 21.0. The van der Waals surface area contributed by atoms with Crippen molar-refractivity contribution in [3.63, 3.8) is 0 Å². The first-order chi connectivity index (χ1) is 14.8. The van der Waals surface area contributed by atoms with Crippen LogP contribution in [0, 0.1) is 10.1 Å². The maximum atomic E-state index is 12.7. The van der Waals surface area contributed by atoms with E-state index in [0.717, 1.165) is 0 Å². The molecule has 1 N–H and O–H groups in total. The van der Waals surface area contributed by atoms with Crippen molar-refractivity contribution in [3.8, 4) is 0 Å². The zero-order valence-corrected chi connectivity index (χ0v) is 17.2. The van der Waals surface area contributed by atoms with Crippen LogP contribution in [0.4, 0.5) is 5.69 Å². The van der Waals surface area contributed by atoms with E-state index < -0.39 is 10.5 Å². The topological polar surface area (TPSA) is 119 Å². The van der Waals surface area contributed by atoms with Crippen LogP contribution >= 0.6 is 11.6 Å². The Morgan fingerprint density at radius 3 is 2.52 bits per heavy atom. The molecule has 2 heterocycles. The van der Waals surface area contributed by atoms with Crippen LogP contribution in [0.1, 0.15) is 23.2 Å². The fourth-order valence-corrected chi connectivity index (χ4v) is 3.92. The average molecular weight is 443 g/mol. The van der Waals surface area contributed by atoms with Crippen LogP contribution in [0.15, 0.2) is 53.6 Å². The third-order valence-corrected chi connectivity index (χ3v) is 5.79. The fourth-order valence-electron chi connectivity index (χ4n) is 3.75. The summed E-state index contributed by atoms with van der Waals surface area (Å²) < 4.78 is 1.38. The Morgan fingerprint density at radius 2 is 1.87 bits per heavy atom. The number of nitro benzene ring substituents is 1. The van der Waals surface area contributed by atoms with E-state index in [0.29, 0.717) is 34.6 Å². The second-order valence-corrected chi connectivity index (χ2v) is 8.10. The summed E-state index contributed by atoms with van der Waals surface area (Å²) in [6.07, 6.45) is 1.97. The number of amides is 1. The van der Waals surface area contributed by atoms with E-state index in [1.54, 1.807) is 23.1 Å². The van der Waals surface area contributed by atoms with Crippen molar-refractivity contribution in [2.75, 3.05) is 13.1 Å². The number of piperidine rings is 1. The quantitative estimate of drug-likeness (QED) is 0.490. The second-order valence-electron chi connectivity index (χ2n) is 7.66. The third-order valence-electron chi connectivity index (χ3n) is 5.56. The number of benzene rings is 2. The first-order valence-corrected chi connectivity index (χ1v) is 10.0. The van der Waals surface area contributed by atoms with Gasteiger partial charge in [-0.25, -0.2) is 4.98 Å². The molecule has 1 fully saturated rings. The maximum absolute atomic E-state index is 12.7. The van der Waals surface area contributed by atoms with Crippen molar-refractivity contribution < 1.29 is 14.8 Å². The van der Waals surface area contributed by atoms with E-state index in [-0.39, 0.29) is 36.5 Å².